The van der Waals surface area contributed by atoms with Gasteiger partial charge >= 0.3 is 11.9 Å². The Bertz CT molecular complexity index is 1170. The van der Waals surface area contributed by atoms with Crippen molar-refractivity contribution in [3.63, 3.8) is 0 Å². The molecule has 2 unspecified atom stereocenters. The third-order valence-corrected chi connectivity index (χ3v) is 11.1. The van der Waals surface area contributed by atoms with Crippen molar-refractivity contribution in [1.82, 2.24) is 0 Å². The van der Waals surface area contributed by atoms with Crippen LogP contribution in [0, 0.1) is 0 Å². The largest absolute Gasteiger partial charge is 0.545 e. The van der Waals surface area contributed by atoms with Crippen LogP contribution in [-0.2, 0) is 33.3 Å². The lowest BCUT2D eigenvalue weighted by Crippen LogP contribution is -2.44. The van der Waals surface area contributed by atoms with E-state index >= 15 is 0 Å². The van der Waals surface area contributed by atoms with Gasteiger partial charge in [0.2, 0.25) is 0 Å². The lowest BCUT2D eigenvalue weighted by Gasteiger charge is -2.26. The van der Waals surface area contributed by atoms with Gasteiger partial charge in [0.25, 0.3) is 0 Å². The van der Waals surface area contributed by atoms with E-state index in [2.05, 4.69) is 62.5 Å². The van der Waals surface area contributed by atoms with Gasteiger partial charge in [-0.1, -0.05) is 184 Å². The number of carboxylic acids is 1. The molecule has 0 N–H and O–H groups in total. The molecule has 0 fully saturated rings. The zero-order valence-corrected chi connectivity index (χ0v) is 41.4. The predicted molar refractivity (Wildman–Crippen MR) is 260 cm³/mol. The van der Waals surface area contributed by atoms with E-state index < -0.39 is 24.3 Å². The standard InChI is InChI=1S/C54H97NO8/c1-6-8-10-12-14-16-18-20-22-24-25-26-27-29-30-32-34-36-38-40-42-44-51(56)61-48-50(49-62-54(53(58)59)60-47-46-55(3,4)5)63-52(57)45-43-41-39-37-35-33-31-28-23-21-19-17-15-13-11-9-7-2/h9,11,15,17,21,23-25,50,54H,6-8,10,12-14,16,18-20,22,26-49H2,1-5H3/b11-9-,17-15-,23-21-,25-24-. The molecule has 0 amide bonds. The van der Waals surface area contributed by atoms with Gasteiger partial charge in [-0.2, -0.15) is 0 Å². The van der Waals surface area contributed by atoms with Crippen molar-refractivity contribution in [2.75, 3.05) is 47.5 Å². The third-order valence-electron chi connectivity index (χ3n) is 11.1. The van der Waals surface area contributed by atoms with E-state index in [0.717, 1.165) is 64.2 Å². The number of carbonyl (C=O) groups excluding carboxylic acids is 3. The molecule has 63 heavy (non-hydrogen) atoms. The van der Waals surface area contributed by atoms with Crippen LogP contribution in [0.1, 0.15) is 219 Å². The molecule has 0 aromatic rings. The highest BCUT2D eigenvalue weighted by Gasteiger charge is 2.22. The molecule has 366 valence electrons. The van der Waals surface area contributed by atoms with E-state index in [0.29, 0.717) is 17.4 Å². The van der Waals surface area contributed by atoms with Crippen LogP contribution in [-0.4, -0.2) is 82.3 Å². The fourth-order valence-electron chi connectivity index (χ4n) is 7.07. The van der Waals surface area contributed by atoms with Crippen LogP contribution in [0.3, 0.4) is 0 Å². The lowest BCUT2D eigenvalue weighted by molar-refractivity contribution is -0.870. The van der Waals surface area contributed by atoms with E-state index in [1.54, 1.807) is 0 Å². The van der Waals surface area contributed by atoms with Crippen LogP contribution in [0.5, 0.6) is 0 Å². The summed E-state index contributed by atoms with van der Waals surface area (Å²) in [4.78, 5) is 37.1. The fraction of sp³-hybridized carbons (Fsp3) is 0.796. The number of esters is 2. The summed E-state index contributed by atoms with van der Waals surface area (Å²) in [5.41, 5.74) is 0. The minimum Gasteiger partial charge on any atom is -0.545 e. The van der Waals surface area contributed by atoms with Gasteiger partial charge in [-0.25, -0.2) is 0 Å². The van der Waals surface area contributed by atoms with Crippen LogP contribution >= 0.6 is 0 Å². The normalized spacial score (nSPS) is 13.2. The number of aliphatic carboxylic acids is 1. The summed E-state index contributed by atoms with van der Waals surface area (Å²) < 4.78 is 22.6. The summed E-state index contributed by atoms with van der Waals surface area (Å²) in [6.07, 6.45) is 51.4. The van der Waals surface area contributed by atoms with Gasteiger partial charge in [0.15, 0.2) is 12.4 Å². The van der Waals surface area contributed by atoms with Gasteiger partial charge in [-0.3, -0.25) is 9.59 Å². The van der Waals surface area contributed by atoms with Crippen LogP contribution in [0.2, 0.25) is 0 Å². The summed E-state index contributed by atoms with van der Waals surface area (Å²) in [5, 5.41) is 11.7. The number of nitrogens with zero attached hydrogens (tertiary/aromatic N) is 1. The third kappa shape index (κ3) is 47.0. The molecule has 0 aromatic carbocycles. The maximum Gasteiger partial charge on any atom is 0.306 e. The van der Waals surface area contributed by atoms with Crippen molar-refractivity contribution < 1.29 is 42.9 Å². The summed E-state index contributed by atoms with van der Waals surface area (Å²) in [5.74, 6) is -2.30. The number of unbranched alkanes of at least 4 members (excludes halogenated alkanes) is 24. The second-order valence-electron chi connectivity index (χ2n) is 18.4. The molecule has 2 atom stereocenters. The average Bonchev–Trinajstić information content (AvgIpc) is 3.24. The first-order chi connectivity index (χ1) is 30.6. The molecular formula is C54H97NO8. The molecular weight excluding hydrogens is 791 g/mol. The monoisotopic (exact) mass is 888 g/mol. The van der Waals surface area contributed by atoms with Crippen LogP contribution in [0.25, 0.3) is 0 Å². The average molecular weight is 888 g/mol. The number of rotatable bonds is 47. The second kappa shape index (κ2) is 45.8. The Kier molecular flexibility index (Phi) is 43.8. The topological polar surface area (TPSA) is 111 Å². The molecule has 0 radical (unpaired) electrons. The van der Waals surface area contributed by atoms with E-state index in [1.807, 2.05) is 21.1 Å². The molecule has 0 aliphatic heterocycles. The Morgan fingerprint density at radius 2 is 0.905 bits per heavy atom. The zero-order chi connectivity index (χ0) is 46.3. The Labute approximate surface area is 387 Å². The van der Waals surface area contributed by atoms with Crippen molar-refractivity contribution in [3.05, 3.63) is 48.6 Å². The molecule has 0 saturated heterocycles. The molecule has 9 nitrogen and oxygen atoms in total. The van der Waals surface area contributed by atoms with Gasteiger partial charge in [-0.05, 0) is 70.6 Å². The Balaban J connectivity index is 4.33. The first-order valence-corrected chi connectivity index (χ1v) is 25.8. The fourth-order valence-corrected chi connectivity index (χ4v) is 7.07. The number of allylic oxidation sites excluding steroid dienone is 8. The zero-order valence-electron chi connectivity index (χ0n) is 41.4. The van der Waals surface area contributed by atoms with Crippen molar-refractivity contribution in [1.29, 1.82) is 0 Å². The predicted octanol–water partition coefficient (Wildman–Crippen LogP) is 13.0. The quantitative estimate of drug-likeness (QED) is 0.0195. The van der Waals surface area contributed by atoms with Crippen molar-refractivity contribution in [2.45, 2.75) is 232 Å². The van der Waals surface area contributed by atoms with Crippen LogP contribution in [0.15, 0.2) is 48.6 Å². The highest BCUT2D eigenvalue weighted by atomic mass is 16.7. The summed E-state index contributed by atoms with van der Waals surface area (Å²) >= 11 is 0. The molecule has 0 spiro atoms. The van der Waals surface area contributed by atoms with E-state index in [1.165, 1.54) is 122 Å². The summed E-state index contributed by atoms with van der Waals surface area (Å²) in [7, 11) is 5.91. The van der Waals surface area contributed by atoms with Gasteiger partial charge in [0.05, 0.1) is 40.3 Å². The van der Waals surface area contributed by atoms with E-state index in [-0.39, 0.29) is 38.6 Å². The Hall–Kier alpha value is -2.75. The number of carbonyl (C=O) groups is 3. The lowest BCUT2D eigenvalue weighted by atomic mass is 10.1. The minimum atomic E-state index is -1.62. The second-order valence-corrected chi connectivity index (χ2v) is 18.4. The molecule has 0 heterocycles. The van der Waals surface area contributed by atoms with Crippen LogP contribution < -0.4 is 5.11 Å². The molecule has 0 saturated carbocycles. The Morgan fingerprint density at radius 3 is 1.37 bits per heavy atom. The van der Waals surface area contributed by atoms with E-state index in [9.17, 15) is 19.5 Å². The molecule has 0 bridgehead atoms. The maximum atomic E-state index is 12.8. The van der Waals surface area contributed by atoms with Crippen molar-refractivity contribution in [3.8, 4) is 0 Å². The van der Waals surface area contributed by atoms with Crippen molar-refractivity contribution in [2.24, 2.45) is 0 Å². The number of quaternary nitrogens is 1. The molecule has 0 aliphatic rings. The highest BCUT2D eigenvalue weighted by molar-refractivity contribution is 5.70. The van der Waals surface area contributed by atoms with Gasteiger partial charge < -0.3 is 33.3 Å². The number of likely N-dealkylation sites (N-methyl/N-ethyl adjacent to an activating group) is 1. The molecule has 0 aliphatic carbocycles. The molecule has 9 heteroatoms. The first kappa shape index (κ1) is 60.2. The van der Waals surface area contributed by atoms with Gasteiger partial charge in [0.1, 0.15) is 13.2 Å². The van der Waals surface area contributed by atoms with Gasteiger partial charge in [-0.15, -0.1) is 0 Å². The smallest absolute Gasteiger partial charge is 0.306 e. The SMILES string of the molecule is CC/C=C\C/C=C\C/C=C\CCCCCCCCCC(=O)OC(COC(=O)CCCCCCCCCCC/C=C\CCCCCCCCCC)COC(OCC[N+](C)(C)C)C(=O)[O-]. The number of hydrogen-bond donors (Lipinski definition) is 0. The molecule has 0 rings (SSSR count). The van der Waals surface area contributed by atoms with E-state index in [4.69, 9.17) is 18.9 Å². The minimum absolute atomic E-state index is 0.144. The highest BCUT2D eigenvalue weighted by Crippen LogP contribution is 2.15. The van der Waals surface area contributed by atoms with Gasteiger partial charge in [0, 0.05) is 12.8 Å². The number of ether oxygens (including phenoxy) is 4. The number of hydrogen-bond acceptors (Lipinski definition) is 8. The Morgan fingerprint density at radius 1 is 0.492 bits per heavy atom. The van der Waals surface area contributed by atoms with Crippen molar-refractivity contribution >= 4 is 17.9 Å². The molecule has 0 aromatic heterocycles. The first-order valence-electron chi connectivity index (χ1n) is 25.8. The summed E-state index contributed by atoms with van der Waals surface area (Å²) in [6, 6.07) is 0. The maximum absolute atomic E-state index is 12.8. The number of carboxylic acid groups (broad SMARTS) is 1. The van der Waals surface area contributed by atoms with Crippen LogP contribution in [0.4, 0.5) is 0 Å². The summed E-state index contributed by atoms with van der Waals surface area (Å²) in [6.45, 7) is 4.63.